The molecule has 1 saturated heterocycles. The number of hydrogen-bond acceptors (Lipinski definition) is 7. The molecule has 1 fully saturated rings. The fourth-order valence-corrected chi connectivity index (χ4v) is 5.00. The number of carbonyl (C=O) groups excluding carboxylic acids is 1. The molecule has 10 heteroatoms. The molecule has 1 aliphatic rings. The van der Waals surface area contributed by atoms with Gasteiger partial charge in [0.1, 0.15) is 0 Å². The summed E-state index contributed by atoms with van der Waals surface area (Å²) < 4.78 is 0. The average molecular weight is 510 g/mol. The number of fused-ring (bicyclic) bond motifs is 2. The molecule has 1 aliphatic heterocycles. The van der Waals surface area contributed by atoms with E-state index >= 15 is 0 Å². The third-order valence-electron chi connectivity index (χ3n) is 6.99. The van der Waals surface area contributed by atoms with Gasteiger partial charge in [0.2, 0.25) is 5.91 Å². The fourth-order valence-electron chi connectivity index (χ4n) is 5.00. The van der Waals surface area contributed by atoms with Crippen molar-refractivity contribution in [2.75, 3.05) is 64.1 Å². The van der Waals surface area contributed by atoms with Crippen LogP contribution in [0.15, 0.2) is 55.0 Å². The second kappa shape index (κ2) is 9.88. The Morgan fingerprint density at radius 3 is 2.68 bits per heavy atom. The van der Waals surface area contributed by atoms with Gasteiger partial charge in [0, 0.05) is 54.4 Å². The molecule has 0 saturated carbocycles. The monoisotopic (exact) mass is 509 g/mol. The highest BCUT2D eigenvalue weighted by molar-refractivity contribution is 6.00. The van der Waals surface area contributed by atoms with Gasteiger partial charge in [-0.1, -0.05) is 12.1 Å². The Kier molecular flexibility index (Phi) is 6.26. The van der Waals surface area contributed by atoms with Gasteiger partial charge >= 0.3 is 0 Å². The Labute approximate surface area is 220 Å². The lowest BCUT2D eigenvalue weighted by molar-refractivity contribution is -0.116. The lowest BCUT2D eigenvalue weighted by Gasteiger charge is -2.34. The average Bonchev–Trinajstić information content (AvgIpc) is 3.52. The van der Waals surface area contributed by atoms with Crippen LogP contribution in [0, 0.1) is 0 Å². The topological polar surface area (TPSA) is 109 Å². The largest absolute Gasteiger partial charge is 0.367 e. The summed E-state index contributed by atoms with van der Waals surface area (Å²) in [6, 6.07) is 12.1. The third-order valence-corrected chi connectivity index (χ3v) is 6.99. The number of anilines is 2. The molecule has 38 heavy (non-hydrogen) atoms. The molecule has 5 aromatic rings. The highest BCUT2D eigenvalue weighted by Crippen LogP contribution is 2.34. The first-order valence-electron chi connectivity index (χ1n) is 12.7. The van der Waals surface area contributed by atoms with Crippen molar-refractivity contribution in [3.63, 3.8) is 0 Å². The van der Waals surface area contributed by atoms with Crippen LogP contribution < -0.4 is 10.2 Å². The highest BCUT2D eigenvalue weighted by Gasteiger charge is 2.19. The van der Waals surface area contributed by atoms with Gasteiger partial charge in [0.15, 0.2) is 5.65 Å². The Bertz CT molecular complexity index is 1610. The molecule has 0 aliphatic carbocycles. The van der Waals surface area contributed by atoms with Crippen molar-refractivity contribution in [1.29, 1.82) is 0 Å². The number of H-pyrrole nitrogens is 2. The van der Waals surface area contributed by atoms with Gasteiger partial charge in [-0.2, -0.15) is 5.10 Å². The van der Waals surface area contributed by atoms with Crippen LogP contribution in [-0.4, -0.2) is 94.7 Å². The van der Waals surface area contributed by atoms with Crippen LogP contribution in [0.3, 0.4) is 0 Å². The van der Waals surface area contributed by atoms with Gasteiger partial charge in [-0.05, 0) is 51.0 Å². The van der Waals surface area contributed by atoms with E-state index in [0.29, 0.717) is 12.2 Å². The molecule has 1 aromatic carbocycles. The Morgan fingerprint density at radius 1 is 1.03 bits per heavy atom. The molecule has 0 spiro atoms. The number of hydrogen-bond donors (Lipinski definition) is 3. The van der Waals surface area contributed by atoms with Crippen LogP contribution in [-0.2, 0) is 4.79 Å². The van der Waals surface area contributed by atoms with Crippen LogP contribution in [0.5, 0.6) is 0 Å². The molecule has 1 amide bonds. The Hall–Kier alpha value is -4.28. The Balaban J connectivity index is 1.34. The number of pyridine rings is 2. The number of nitrogens with zero attached hydrogens (tertiary/aromatic N) is 6. The van der Waals surface area contributed by atoms with Crippen molar-refractivity contribution >= 4 is 39.2 Å². The van der Waals surface area contributed by atoms with E-state index in [1.807, 2.05) is 61.9 Å². The van der Waals surface area contributed by atoms with Gasteiger partial charge in [-0.25, -0.2) is 4.98 Å². The van der Waals surface area contributed by atoms with E-state index < -0.39 is 0 Å². The van der Waals surface area contributed by atoms with Crippen LogP contribution >= 0.6 is 0 Å². The number of likely N-dealkylation sites (N-methyl/N-ethyl adjacent to an activating group) is 2. The number of rotatable bonds is 6. The van der Waals surface area contributed by atoms with Crippen molar-refractivity contribution < 1.29 is 4.79 Å². The Morgan fingerprint density at radius 2 is 1.87 bits per heavy atom. The minimum absolute atomic E-state index is 0.0536. The number of carbonyl (C=O) groups is 1. The van der Waals surface area contributed by atoms with Crippen molar-refractivity contribution in [1.82, 2.24) is 34.9 Å². The zero-order chi connectivity index (χ0) is 26.2. The minimum atomic E-state index is -0.0536. The van der Waals surface area contributed by atoms with Gasteiger partial charge in [-0.15, -0.1) is 0 Å². The molecule has 0 radical (unpaired) electrons. The second-order valence-corrected chi connectivity index (χ2v) is 10.2. The number of benzene rings is 1. The predicted octanol–water partition coefficient (Wildman–Crippen LogP) is 3.42. The molecule has 10 nitrogen and oxygen atoms in total. The summed E-state index contributed by atoms with van der Waals surface area (Å²) in [6.07, 6.45) is 5.64. The summed E-state index contributed by atoms with van der Waals surface area (Å²) in [5.41, 5.74) is 7.27. The van der Waals surface area contributed by atoms with Crippen molar-refractivity contribution in [2.24, 2.45) is 0 Å². The maximum atomic E-state index is 12.2. The third kappa shape index (κ3) is 4.71. The highest BCUT2D eigenvalue weighted by atomic mass is 16.2. The fraction of sp³-hybridized carbons (Fsp3) is 0.286. The summed E-state index contributed by atoms with van der Waals surface area (Å²) in [5, 5.41) is 12.7. The number of aromatic amines is 2. The van der Waals surface area contributed by atoms with Gasteiger partial charge < -0.3 is 25.0 Å². The molecule has 3 N–H and O–H groups in total. The molecule has 0 unspecified atom stereocenters. The lowest BCUT2D eigenvalue weighted by Crippen LogP contribution is -2.44. The smallest absolute Gasteiger partial charge is 0.238 e. The second-order valence-electron chi connectivity index (χ2n) is 10.2. The lowest BCUT2D eigenvalue weighted by atomic mass is 10.0. The zero-order valence-corrected chi connectivity index (χ0v) is 21.8. The van der Waals surface area contributed by atoms with Gasteiger partial charge in [0.25, 0.3) is 0 Å². The predicted molar refractivity (Wildman–Crippen MR) is 151 cm³/mol. The number of aromatic nitrogens is 5. The van der Waals surface area contributed by atoms with E-state index in [4.69, 9.17) is 0 Å². The number of nitrogens with one attached hydrogen (secondary N) is 3. The summed E-state index contributed by atoms with van der Waals surface area (Å²) in [4.78, 5) is 31.5. The summed E-state index contributed by atoms with van der Waals surface area (Å²) in [6.45, 7) is 4.35. The summed E-state index contributed by atoms with van der Waals surface area (Å²) >= 11 is 0. The maximum absolute atomic E-state index is 12.2. The van der Waals surface area contributed by atoms with Crippen molar-refractivity contribution in [3.05, 3.63) is 55.0 Å². The number of amides is 1. The van der Waals surface area contributed by atoms with Crippen LogP contribution in [0.25, 0.3) is 44.5 Å². The first-order valence-corrected chi connectivity index (χ1v) is 12.7. The molecule has 0 bridgehead atoms. The molecule has 6 rings (SSSR count). The SMILES string of the molecule is CN(C)CC(=O)Nc1cccc(-c2cnc3n[nH]c(-c4cc5c(N6CCN(C)CC6)cncc5[nH]4)c3c2)c1. The number of piperazine rings is 1. The standard InChI is InChI=1S/C28H31N9O/c1-35(2)17-26(38)31-20-6-4-5-18(11-20)19-12-22-27(33-34-28(22)30-14-19)23-13-21-24(32-23)15-29-16-25(21)37-9-7-36(3)8-10-37/h4-6,11-16,32H,7-10,17H2,1-3H3,(H,31,38)(H,30,33,34). The molecular formula is C28H31N9O. The summed E-state index contributed by atoms with van der Waals surface area (Å²) in [7, 11) is 5.90. The van der Waals surface area contributed by atoms with E-state index in [2.05, 4.69) is 59.4 Å². The molecule has 194 valence electrons. The quantitative estimate of drug-likeness (QED) is 0.322. The van der Waals surface area contributed by atoms with Gasteiger partial charge in [0.05, 0.1) is 41.5 Å². The van der Waals surface area contributed by atoms with Crippen LogP contribution in [0.4, 0.5) is 11.4 Å². The first kappa shape index (κ1) is 24.1. The minimum Gasteiger partial charge on any atom is -0.367 e. The summed E-state index contributed by atoms with van der Waals surface area (Å²) in [5.74, 6) is -0.0536. The molecule has 5 heterocycles. The molecular weight excluding hydrogens is 478 g/mol. The van der Waals surface area contributed by atoms with E-state index in [9.17, 15) is 4.79 Å². The van der Waals surface area contributed by atoms with E-state index in [-0.39, 0.29) is 5.91 Å². The zero-order valence-electron chi connectivity index (χ0n) is 21.8. The van der Waals surface area contributed by atoms with Gasteiger partial charge in [-0.3, -0.25) is 14.9 Å². The van der Waals surface area contributed by atoms with E-state index in [0.717, 1.165) is 76.4 Å². The van der Waals surface area contributed by atoms with E-state index in [1.54, 1.807) is 0 Å². The van der Waals surface area contributed by atoms with Crippen LogP contribution in [0.1, 0.15) is 0 Å². The first-order chi connectivity index (χ1) is 18.4. The maximum Gasteiger partial charge on any atom is 0.238 e. The van der Waals surface area contributed by atoms with Crippen molar-refractivity contribution in [2.45, 2.75) is 0 Å². The van der Waals surface area contributed by atoms with Crippen LogP contribution in [0.2, 0.25) is 0 Å². The normalized spacial score (nSPS) is 14.6. The molecule has 0 atom stereocenters. The van der Waals surface area contributed by atoms with E-state index in [1.165, 1.54) is 0 Å². The molecule has 4 aromatic heterocycles. The van der Waals surface area contributed by atoms with Crippen molar-refractivity contribution in [3.8, 4) is 22.5 Å².